The van der Waals surface area contributed by atoms with Crippen molar-refractivity contribution in [1.82, 2.24) is 4.90 Å². The van der Waals surface area contributed by atoms with Gasteiger partial charge in [0.15, 0.2) is 0 Å². The summed E-state index contributed by atoms with van der Waals surface area (Å²) in [5.74, 6) is -1.22. The summed E-state index contributed by atoms with van der Waals surface area (Å²) < 4.78 is 27.5. The molecule has 0 spiro atoms. The van der Waals surface area contributed by atoms with E-state index < -0.39 is 23.8 Å². The van der Waals surface area contributed by atoms with E-state index in [1.807, 2.05) is 20.8 Å². The van der Waals surface area contributed by atoms with E-state index >= 15 is 0 Å². The molecule has 1 amide bonds. The van der Waals surface area contributed by atoms with E-state index in [1.165, 1.54) is 4.90 Å². The maximum absolute atomic E-state index is 14.0. The van der Waals surface area contributed by atoms with E-state index in [4.69, 9.17) is 0 Å². The van der Waals surface area contributed by atoms with Gasteiger partial charge in [-0.15, -0.1) is 0 Å². The standard InChI is InChI=1S/C17H23F2NO2/c1-4-10(2)11(3)17(22)20-9-13(21)8-16(20)14-7-12(18)5-6-15(14)19/h5-7,10-11,13,16,21H,4,8-9H2,1-3H3. The third-order valence-corrected chi connectivity index (χ3v) is 4.77. The average molecular weight is 311 g/mol. The normalized spacial score (nSPS) is 24.4. The lowest BCUT2D eigenvalue weighted by atomic mass is 9.91. The zero-order chi connectivity index (χ0) is 16.4. The van der Waals surface area contributed by atoms with E-state index in [1.54, 1.807) is 0 Å². The van der Waals surface area contributed by atoms with Crippen molar-refractivity contribution < 1.29 is 18.7 Å². The molecule has 1 aliphatic rings. The number of halogens is 2. The Kier molecular flexibility index (Phi) is 5.16. The number of likely N-dealkylation sites (tertiary alicyclic amines) is 1. The molecule has 0 radical (unpaired) electrons. The van der Waals surface area contributed by atoms with Gasteiger partial charge >= 0.3 is 0 Å². The molecule has 1 heterocycles. The van der Waals surface area contributed by atoms with Gasteiger partial charge in [0.05, 0.1) is 12.1 Å². The second kappa shape index (κ2) is 6.73. The number of aliphatic hydroxyl groups excluding tert-OH is 1. The minimum absolute atomic E-state index is 0.112. The second-order valence-electron chi connectivity index (χ2n) is 6.24. The fourth-order valence-corrected chi connectivity index (χ4v) is 2.98. The minimum atomic E-state index is -0.708. The molecule has 22 heavy (non-hydrogen) atoms. The number of amides is 1. The molecule has 122 valence electrons. The molecule has 1 aromatic rings. The molecule has 1 saturated heterocycles. The zero-order valence-electron chi connectivity index (χ0n) is 13.2. The number of aliphatic hydroxyl groups is 1. The van der Waals surface area contributed by atoms with Crippen molar-refractivity contribution in [2.45, 2.75) is 45.8 Å². The van der Waals surface area contributed by atoms with Crippen molar-refractivity contribution in [3.8, 4) is 0 Å². The van der Waals surface area contributed by atoms with Crippen LogP contribution in [0, 0.1) is 23.5 Å². The Morgan fingerprint density at radius 2 is 2.09 bits per heavy atom. The fraction of sp³-hybridized carbons (Fsp3) is 0.588. The van der Waals surface area contributed by atoms with Crippen LogP contribution in [0.5, 0.6) is 0 Å². The molecule has 1 aliphatic heterocycles. The van der Waals surface area contributed by atoms with Crippen LogP contribution >= 0.6 is 0 Å². The molecular formula is C17H23F2NO2. The molecular weight excluding hydrogens is 288 g/mol. The van der Waals surface area contributed by atoms with Crippen molar-refractivity contribution >= 4 is 5.91 Å². The van der Waals surface area contributed by atoms with Gasteiger partial charge in [0.2, 0.25) is 5.91 Å². The number of carbonyl (C=O) groups is 1. The van der Waals surface area contributed by atoms with E-state index in [0.717, 1.165) is 24.6 Å². The van der Waals surface area contributed by atoms with Gasteiger partial charge in [-0.1, -0.05) is 27.2 Å². The van der Waals surface area contributed by atoms with Crippen molar-refractivity contribution in [2.24, 2.45) is 11.8 Å². The maximum atomic E-state index is 14.0. The van der Waals surface area contributed by atoms with E-state index in [2.05, 4.69) is 0 Å². The Labute approximate surface area is 129 Å². The summed E-state index contributed by atoms with van der Waals surface area (Å²) in [5.41, 5.74) is 0.140. The van der Waals surface area contributed by atoms with Crippen LogP contribution in [0.1, 0.15) is 45.2 Å². The molecule has 1 aromatic carbocycles. The Hall–Kier alpha value is -1.49. The van der Waals surface area contributed by atoms with E-state index in [-0.39, 0.29) is 36.3 Å². The molecule has 0 aromatic heterocycles. The number of benzene rings is 1. The number of β-amino-alcohol motifs (C(OH)–C–C–N with tert-alkyl or cyclic N) is 1. The topological polar surface area (TPSA) is 40.5 Å². The highest BCUT2D eigenvalue weighted by Gasteiger charge is 2.39. The van der Waals surface area contributed by atoms with Gasteiger partial charge in [-0.05, 0) is 30.5 Å². The lowest BCUT2D eigenvalue weighted by Crippen LogP contribution is -2.38. The molecule has 4 atom stereocenters. The van der Waals surface area contributed by atoms with Crippen LogP contribution in [-0.2, 0) is 4.79 Å². The first-order valence-corrected chi connectivity index (χ1v) is 7.78. The highest BCUT2D eigenvalue weighted by molar-refractivity contribution is 5.79. The Balaban J connectivity index is 2.30. The summed E-state index contributed by atoms with van der Waals surface area (Å²) in [7, 11) is 0. The third-order valence-electron chi connectivity index (χ3n) is 4.77. The van der Waals surface area contributed by atoms with E-state index in [0.29, 0.717) is 0 Å². The predicted octanol–water partition coefficient (Wildman–Crippen LogP) is 3.28. The quantitative estimate of drug-likeness (QED) is 0.927. The van der Waals surface area contributed by atoms with Gasteiger partial charge in [-0.2, -0.15) is 0 Å². The molecule has 0 saturated carbocycles. The first-order valence-electron chi connectivity index (χ1n) is 7.78. The van der Waals surface area contributed by atoms with Crippen molar-refractivity contribution in [1.29, 1.82) is 0 Å². The minimum Gasteiger partial charge on any atom is -0.391 e. The number of nitrogens with zero attached hydrogens (tertiary/aromatic N) is 1. The smallest absolute Gasteiger partial charge is 0.226 e. The first-order chi connectivity index (χ1) is 10.3. The Morgan fingerprint density at radius 3 is 2.73 bits per heavy atom. The molecule has 1 fully saturated rings. The summed E-state index contributed by atoms with van der Waals surface area (Å²) in [5, 5.41) is 9.91. The number of rotatable bonds is 4. The number of hydrogen-bond donors (Lipinski definition) is 1. The molecule has 3 nitrogen and oxygen atoms in total. The summed E-state index contributed by atoms with van der Waals surface area (Å²) in [4.78, 5) is 14.2. The van der Waals surface area contributed by atoms with Crippen molar-refractivity contribution in [3.63, 3.8) is 0 Å². The second-order valence-corrected chi connectivity index (χ2v) is 6.24. The fourth-order valence-electron chi connectivity index (χ4n) is 2.98. The predicted molar refractivity (Wildman–Crippen MR) is 80.1 cm³/mol. The van der Waals surface area contributed by atoms with Crippen molar-refractivity contribution in [3.05, 3.63) is 35.4 Å². The maximum Gasteiger partial charge on any atom is 0.226 e. The molecule has 0 aliphatic carbocycles. The molecule has 0 bridgehead atoms. The summed E-state index contributed by atoms with van der Waals surface area (Å²) >= 11 is 0. The van der Waals surface area contributed by atoms with Gasteiger partial charge in [0.1, 0.15) is 11.6 Å². The number of hydrogen-bond acceptors (Lipinski definition) is 2. The van der Waals surface area contributed by atoms with Crippen LogP contribution in [0.4, 0.5) is 8.78 Å². The SMILES string of the molecule is CCC(C)C(C)C(=O)N1CC(O)CC1c1cc(F)ccc1F. The highest BCUT2D eigenvalue weighted by Crippen LogP contribution is 2.36. The van der Waals surface area contributed by atoms with Crippen LogP contribution in [-0.4, -0.2) is 28.6 Å². The first kappa shape index (κ1) is 16.9. The zero-order valence-corrected chi connectivity index (χ0v) is 13.2. The summed E-state index contributed by atoms with van der Waals surface area (Å²) in [6.07, 6.45) is 0.391. The van der Waals surface area contributed by atoms with Gasteiger partial charge < -0.3 is 10.0 Å². The monoisotopic (exact) mass is 311 g/mol. The summed E-state index contributed by atoms with van der Waals surface area (Å²) in [6, 6.07) is 2.63. The Bertz CT molecular complexity index is 549. The lowest BCUT2D eigenvalue weighted by Gasteiger charge is -2.29. The van der Waals surface area contributed by atoms with Crippen LogP contribution in [0.2, 0.25) is 0 Å². The molecule has 2 rings (SSSR count). The van der Waals surface area contributed by atoms with E-state index in [9.17, 15) is 18.7 Å². The lowest BCUT2D eigenvalue weighted by molar-refractivity contribution is -0.137. The highest BCUT2D eigenvalue weighted by atomic mass is 19.1. The average Bonchev–Trinajstić information content (AvgIpc) is 2.89. The summed E-state index contributed by atoms with van der Waals surface area (Å²) in [6.45, 7) is 6.02. The molecule has 1 N–H and O–H groups in total. The van der Waals surface area contributed by atoms with Gasteiger partial charge in [-0.25, -0.2) is 8.78 Å². The van der Waals surface area contributed by atoms with Crippen molar-refractivity contribution in [2.75, 3.05) is 6.54 Å². The molecule has 4 unspecified atom stereocenters. The third kappa shape index (κ3) is 3.29. The van der Waals surface area contributed by atoms with Crippen LogP contribution in [0.15, 0.2) is 18.2 Å². The largest absolute Gasteiger partial charge is 0.391 e. The van der Waals surface area contributed by atoms with Crippen LogP contribution in [0.3, 0.4) is 0 Å². The van der Waals surface area contributed by atoms with Crippen LogP contribution in [0.25, 0.3) is 0 Å². The van der Waals surface area contributed by atoms with Gasteiger partial charge in [-0.3, -0.25) is 4.79 Å². The molecule has 5 heteroatoms. The number of carbonyl (C=O) groups excluding carboxylic acids is 1. The van der Waals surface area contributed by atoms with Gasteiger partial charge in [0, 0.05) is 18.0 Å². The van der Waals surface area contributed by atoms with Gasteiger partial charge in [0.25, 0.3) is 0 Å². The van der Waals surface area contributed by atoms with Crippen LogP contribution < -0.4 is 0 Å². The Morgan fingerprint density at radius 1 is 1.41 bits per heavy atom.